The number of benzene rings is 4. The molecule has 2 aliphatic carbocycles. The molecule has 0 unspecified atom stereocenters. The average Bonchev–Trinajstić information content (AvgIpc) is 3.90. The molecular formula is C45H44N2O8S. The maximum Gasteiger partial charge on any atom is 0.322 e. The number of anilines is 1. The van der Waals surface area contributed by atoms with E-state index in [0.29, 0.717) is 23.4 Å². The number of sulfonamides is 1. The Balaban J connectivity index is 1.28. The van der Waals surface area contributed by atoms with Gasteiger partial charge in [-0.15, -0.1) is 0 Å². The fourth-order valence-electron chi connectivity index (χ4n) is 10.8. The van der Waals surface area contributed by atoms with Gasteiger partial charge in [0.2, 0.25) is 5.91 Å². The Bertz CT molecular complexity index is 2320. The van der Waals surface area contributed by atoms with Gasteiger partial charge in [0.1, 0.15) is 12.8 Å². The summed E-state index contributed by atoms with van der Waals surface area (Å²) < 4.78 is 49.8. The van der Waals surface area contributed by atoms with Crippen molar-refractivity contribution in [3.05, 3.63) is 144 Å². The van der Waals surface area contributed by atoms with Gasteiger partial charge in [-0.2, -0.15) is 0 Å². The molecule has 1 spiro atoms. The molecule has 1 amide bonds. The lowest BCUT2D eigenvalue weighted by molar-refractivity contribution is -0.191. The number of para-hydroxylation sites is 1. The van der Waals surface area contributed by atoms with Crippen molar-refractivity contribution in [1.29, 1.82) is 0 Å². The molecule has 8 atom stereocenters. The van der Waals surface area contributed by atoms with E-state index in [9.17, 15) is 13.2 Å². The fraction of sp³-hybridized carbons (Fsp3) is 0.356. The van der Waals surface area contributed by atoms with Gasteiger partial charge in [0.25, 0.3) is 10.0 Å². The van der Waals surface area contributed by atoms with Crippen LogP contribution < -0.4 is 4.31 Å². The van der Waals surface area contributed by atoms with Gasteiger partial charge in [-0.1, -0.05) is 104 Å². The third-order valence-corrected chi connectivity index (χ3v) is 14.7. The van der Waals surface area contributed by atoms with E-state index in [0.717, 1.165) is 11.1 Å². The number of allylic oxidation sites excluding steroid dienone is 1. The average molecular weight is 773 g/mol. The third kappa shape index (κ3) is 5.16. The SMILES string of the molecule is CCOC(=O)[C@@H]1C=C2N(S(=O)(=O)c3ccccc3)c3ccccc3[C@@]23C[C@]2(C(=O)OCc4ccccc4)C(=O)N4[C@H](OC[C@H]4c4ccccc4)[C@@H](CC)[C@H]2[C@@H]3C1. The first-order valence-corrected chi connectivity index (χ1v) is 20.9. The van der Waals surface area contributed by atoms with Gasteiger partial charge in [0.15, 0.2) is 5.41 Å². The van der Waals surface area contributed by atoms with Crippen LogP contribution in [0.25, 0.3) is 0 Å². The summed E-state index contributed by atoms with van der Waals surface area (Å²) in [4.78, 5) is 47.0. The molecule has 288 valence electrons. The quantitative estimate of drug-likeness (QED) is 0.133. The van der Waals surface area contributed by atoms with Crippen LogP contribution >= 0.6 is 0 Å². The monoisotopic (exact) mass is 772 g/mol. The van der Waals surface area contributed by atoms with E-state index < -0.39 is 62.8 Å². The number of hydrogen-bond donors (Lipinski definition) is 0. The lowest BCUT2D eigenvalue weighted by atomic mass is 9.59. The first-order valence-electron chi connectivity index (χ1n) is 19.5. The van der Waals surface area contributed by atoms with Gasteiger partial charge >= 0.3 is 11.9 Å². The van der Waals surface area contributed by atoms with Crippen molar-refractivity contribution < 1.29 is 37.0 Å². The number of hydrogen-bond acceptors (Lipinski definition) is 8. The minimum Gasteiger partial charge on any atom is -0.466 e. The molecule has 2 saturated heterocycles. The smallest absolute Gasteiger partial charge is 0.322 e. The van der Waals surface area contributed by atoms with Crippen molar-refractivity contribution in [3.8, 4) is 0 Å². The van der Waals surface area contributed by atoms with E-state index in [2.05, 4.69) is 0 Å². The van der Waals surface area contributed by atoms with E-state index >= 15 is 9.59 Å². The van der Waals surface area contributed by atoms with E-state index in [1.165, 1.54) is 4.31 Å². The minimum absolute atomic E-state index is 0.0395. The summed E-state index contributed by atoms with van der Waals surface area (Å²) in [6.45, 7) is 4.14. The molecule has 4 aromatic rings. The van der Waals surface area contributed by atoms with E-state index in [1.54, 1.807) is 60.4 Å². The second-order valence-corrected chi connectivity index (χ2v) is 17.3. The van der Waals surface area contributed by atoms with Crippen molar-refractivity contribution in [2.45, 2.75) is 62.3 Å². The first kappa shape index (κ1) is 36.4. The lowest BCUT2D eigenvalue weighted by Gasteiger charge is -2.51. The fourth-order valence-corrected chi connectivity index (χ4v) is 12.4. The number of nitrogens with zero attached hydrogens (tertiary/aromatic N) is 2. The molecule has 3 fully saturated rings. The van der Waals surface area contributed by atoms with Crippen LogP contribution in [-0.2, 0) is 50.6 Å². The van der Waals surface area contributed by atoms with Crippen LogP contribution in [0, 0.1) is 29.1 Å². The van der Waals surface area contributed by atoms with Gasteiger partial charge in [0, 0.05) is 17.0 Å². The van der Waals surface area contributed by atoms with Crippen LogP contribution in [0.5, 0.6) is 0 Å². The second-order valence-electron chi connectivity index (χ2n) is 15.5. The molecule has 3 heterocycles. The number of carbonyl (C=O) groups excluding carboxylic acids is 3. The summed E-state index contributed by atoms with van der Waals surface area (Å²) in [5.41, 5.74) is 0.255. The summed E-state index contributed by atoms with van der Waals surface area (Å²) in [7, 11) is -4.26. The first-order chi connectivity index (χ1) is 27.2. The van der Waals surface area contributed by atoms with Crippen molar-refractivity contribution in [2.24, 2.45) is 29.1 Å². The number of carbonyl (C=O) groups is 3. The Labute approximate surface area is 327 Å². The summed E-state index contributed by atoms with van der Waals surface area (Å²) in [5, 5.41) is 0. The number of piperidine rings is 1. The Kier molecular flexibility index (Phi) is 8.93. The third-order valence-electron chi connectivity index (χ3n) is 12.9. The highest BCUT2D eigenvalue weighted by Gasteiger charge is 2.78. The molecule has 5 aliphatic rings. The summed E-state index contributed by atoms with van der Waals surface area (Å²) in [5.74, 6) is -3.94. The van der Waals surface area contributed by atoms with E-state index in [-0.39, 0.29) is 49.4 Å². The number of amides is 1. The summed E-state index contributed by atoms with van der Waals surface area (Å²) >= 11 is 0. The van der Waals surface area contributed by atoms with Crippen molar-refractivity contribution >= 4 is 33.6 Å². The Morgan fingerprint density at radius 3 is 2.21 bits per heavy atom. The Hall–Kier alpha value is -5.26. The number of rotatable bonds is 9. The number of ether oxygens (including phenoxy) is 3. The highest BCUT2D eigenvalue weighted by molar-refractivity contribution is 7.93. The molecule has 1 saturated carbocycles. The minimum atomic E-state index is -4.26. The standard InChI is InChI=1S/C45H44N2O8S/c1-3-33-39-35-24-31(41(48)53-4-2)25-38-44(35,34-22-14-15-23-36(34)47(38)56(51,52)32-20-12-7-13-21-32)28-45(39,43(50)55-26-29-16-8-5-9-17-29)42(49)46-37(27-54-40(33)46)30-18-10-6-11-19-30/h5-23,25,31,33,35,37,39-40H,3-4,24,26-28H2,1-2H3/t31-,33-,35-,37-,39-,40+,44+,45+/m0/s1. The highest BCUT2D eigenvalue weighted by atomic mass is 32.2. The zero-order chi connectivity index (χ0) is 38.8. The Morgan fingerprint density at radius 1 is 0.857 bits per heavy atom. The Morgan fingerprint density at radius 2 is 1.52 bits per heavy atom. The zero-order valence-corrected chi connectivity index (χ0v) is 32.1. The van der Waals surface area contributed by atoms with Crippen molar-refractivity contribution in [2.75, 3.05) is 17.5 Å². The van der Waals surface area contributed by atoms with Crippen LogP contribution in [0.2, 0.25) is 0 Å². The molecule has 0 radical (unpaired) electrons. The topological polar surface area (TPSA) is 120 Å². The molecule has 9 rings (SSSR count). The van der Waals surface area contributed by atoms with Crippen LogP contribution in [0.3, 0.4) is 0 Å². The van der Waals surface area contributed by atoms with Crippen LogP contribution in [-0.4, -0.2) is 50.6 Å². The largest absolute Gasteiger partial charge is 0.466 e. The molecule has 4 aromatic carbocycles. The molecular weight excluding hydrogens is 729 g/mol. The van der Waals surface area contributed by atoms with Gasteiger partial charge in [-0.3, -0.25) is 14.4 Å². The van der Waals surface area contributed by atoms with Crippen LogP contribution in [0.4, 0.5) is 5.69 Å². The number of fused-ring (bicyclic) bond motifs is 4. The number of esters is 2. The summed E-state index contributed by atoms with van der Waals surface area (Å²) in [6.07, 6.45) is 1.84. The normalized spacial score (nSPS) is 30.0. The maximum absolute atomic E-state index is 15.9. The van der Waals surface area contributed by atoms with E-state index in [4.69, 9.17) is 14.2 Å². The predicted octanol–water partition coefficient (Wildman–Crippen LogP) is 6.93. The molecule has 3 aliphatic heterocycles. The van der Waals surface area contributed by atoms with Gasteiger partial charge < -0.3 is 19.1 Å². The van der Waals surface area contributed by atoms with Crippen LogP contribution in [0.1, 0.15) is 55.8 Å². The predicted molar refractivity (Wildman–Crippen MR) is 207 cm³/mol. The molecule has 11 heteroatoms. The highest BCUT2D eigenvalue weighted by Crippen LogP contribution is 2.73. The van der Waals surface area contributed by atoms with E-state index in [1.807, 2.05) is 79.7 Å². The molecule has 56 heavy (non-hydrogen) atoms. The van der Waals surface area contributed by atoms with Crippen molar-refractivity contribution in [3.63, 3.8) is 0 Å². The summed E-state index contributed by atoms with van der Waals surface area (Å²) in [6, 6.07) is 34.2. The molecule has 10 nitrogen and oxygen atoms in total. The maximum atomic E-state index is 15.9. The molecule has 0 bridgehead atoms. The molecule has 0 aromatic heterocycles. The lowest BCUT2D eigenvalue weighted by Crippen LogP contribution is -2.63. The second kappa shape index (κ2) is 13.7. The van der Waals surface area contributed by atoms with Crippen LogP contribution in [0.15, 0.2) is 132 Å². The molecule has 0 N–H and O–H groups in total. The van der Waals surface area contributed by atoms with Gasteiger partial charge in [-0.05, 0) is 79.0 Å². The van der Waals surface area contributed by atoms with Crippen molar-refractivity contribution in [1.82, 2.24) is 4.90 Å². The van der Waals surface area contributed by atoms with Gasteiger partial charge in [0.05, 0.1) is 35.8 Å². The van der Waals surface area contributed by atoms with Gasteiger partial charge in [-0.25, -0.2) is 12.7 Å². The zero-order valence-electron chi connectivity index (χ0n) is 31.3.